The van der Waals surface area contributed by atoms with Crippen LogP contribution in [0.15, 0.2) is 24.3 Å². The summed E-state index contributed by atoms with van der Waals surface area (Å²) in [5.74, 6) is 0.190. The molecule has 9 nitrogen and oxygen atoms in total. The van der Waals surface area contributed by atoms with Gasteiger partial charge < -0.3 is 21.1 Å². The number of hydrogen-bond donors (Lipinski definition) is 4. The lowest BCUT2D eigenvalue weighted by molar-refractivity contribution is -0.122. The van der Waals surface area contributed by atoms with E-state index in [0.717, 1.165) is 5.56 Å². The second kappa shape index (κ2) is 12.0. The zero-order chi connectivity index (χ0) is 19.8. The third kappa shape index (κ3) is 7.73. The number of nitrogens with zero attached hydrogens (tertiary/aromatic N) is 4. The molecule has 5 N–H and O–H groups in total. The van der Waals surface area contributed by atoms with Crippen molar-refractivity contribution in [1.82, 2.24) is 25.5 Å². The van der Waals surface area contributed by atoms with Crippen LogP contribution in [0.5, 0.6) is 0 Å². The first-order valence-corrected chi connectivity index (χ1v) is 9.17. The van der Waals surface area contributed by atoms with Crippen LogP contribution in [-0.4, -0.2) is 43.3 Å². The van der Waals surface area contributed by atoms with E-state index in [-0.39, 0.29) is 30.9 Å². The van der Waals surface area contributed by atoms with Gasteiger partial charge in [0.15, 0.2) is 5.82 Å². The van der Waals surface area contributed by atoms with Crippen molar-refractivity contribution >= 4 is 37.0 Å². The van der Waals surface area contributed by atoms with Crippen molar-refractivity contribution in [1.29, 1.82) is 0 Å². The Morgan fingerprint density at radius 1 is 1.32 bits per heavy atom. The first-order chi connectivity index (χ1) is 12.9. The maximum Gasteiger partial charge on any atom is 0.451 e. The normalized spacial score (nSPS) is 12.8. The van der Waals surface area contributed by atoms with Crippen LogP contribution in [0.2, 0.25) is 11.3 Å². The van der Waals surface area contributed by atoms with E-state index in [2.05, 4.69) is 20.8 Å². The fraction of sp³-hybridized carbons (Fsp3) is 0.500. The lowest BCUT2D eigenvalue weighted by Gasteiger charge is -2.15. The Balaban J connectivity index is 0.00000392. The van der Waals surface area contributed by atoms with Gasteiger partial charge in [-0.2, -0.15) is 0 Å². The van der Waals surface area contributed by atoms with Crippen LogP contribution >= 0.6 is 24.0 Å². The van der Waals surface area contributed by atoms with Gasteiger partial charge in [-0.1, -0.05) is 36.6 Å². The van der Waals surface area contributed by atoms with E-state index in [0.29, 0.717) is 36.4 Å². The van der Waals surface area contributed by atoms with Crippen molar-refractivity contribution in [3.8, 4) is 0 Å². The molecular formula is C16H25BCl2N6O3. The van der Waals surface area contributed by atoms with E-state index in [1.54, 1.807) is 12.1 Å². The van der Waals surface area contributed by atoms with Gasteiger partial charge in [0.1, 0.15) is 6.54 Å². The van der Waals surface area contributed by atoms with Crippen LogP contribution < -0.4 is 11.1 Å². The molecule has 0 spiro atoms. The molecule has 0 aliphatic heterocycles. The molecule has 28 heavy (non-hydrogen) atoms. The Kier molecular flexibility index (Phi) is 10.4. The van der Waals surface area contributed by atoms with Crippen LogP contribution in [-0.2, 0) is 11.3 Å². The van der Waals surface area contributed by atoms with Gasteiger partial charge >= 0.3 is 7.12 Å². The first kappa shape index (κ1) is 24.3. The lowest BCUT2D eigenvalue weighted by Crippen LogP contribution is -2.31. The van der Waals surface area contributed by atoms with E-state index in [1.807, 2.05) is 19.1 Å². The highest BCUT2D eigenvalue weighted by atomic mass is 35.5. The minimum absolute atomic E-state index is 0. The molecule has 12 heteroatoms. The molecule has 0 aliphatic rings. The predicted octanol–water partition coefficient (Wildman–Crippen LogP) is 1.27. The summed E-state index contributed by atoms with van der Waals surface area (Å²) in [5.41, 5.74) is 7.04. The van der Waals surface area contributed by atoms with Gasteiger partial charge in [0.05, 0.1) is 12.1 Å². The summed E-state index contributed by atoms with van der Waals surface area (Å²) in [6, 6.07) is 6.64. The second-order valence-electron chi connectivity index (χ2n) is 6.41. The van der Waals surface area contributed by atoms with Crippen molar-refractivity contribution in [3.05, 3.63) is 40.7 Å². The number of benzene rings is 1. The van der Waals surface area contributed by atoms with Crippen LogP contribution in [0.1, 0.15) is 49.7 Å². The molecule has 2 unspecified atom stereocenters. The Hall–Kier alpha value is -1.72. The number of carbonyl (C=O) groups is 1. The highest BCUT2D eigenvalue weighted by molar-refractivity contribution is 6.40. The first-order valence-electron chi connectivity index (χ1n) is 8.79. The number of halogens is 2. The van der Waals surface area contributed by atoms with Gasteiger partial charge in [0.2, 0.25) is 5.91 Å². The topological polar surface area (TPSA) is 139 Å². The summed E-state index contributed by atoms with van der Waals surface area (Å²) in [5, 5.41) is 32.6. The van der Waals surface area contributed by atoms with Gasteiger partial charge in [-0.3, -0.25) is 4.79 Å². The Labute approximate surface area is 175 Å². The quantitative estimate of drug-likeness (QED) is 0.328. The summed E-state index contributed by atoms with van der Waals surface area (Å²) in [4.78, 5) is 12.3. The molecule has 0 radical (unpaired) electrons. The molecular weight excluding hydrogens is 406 g/mol. The van der Waals surface area contributed by atoms with E-state index in [4.69, 9.17) is 27.4 Å². The molecule has 1 heterocycles. The van der Waals surface area contributed by atoms with Crippen LogP contribution in [0, 0.1) is 0 Å². The molecule has 2 atom stereocenters. The van der Waals surface area contributed by atoms with Crippen molar-refractivity contribution < 1.29 is 14.8 Å². The van der Waals surface area contributed by atoms with Crippen LogP contribution in [0.3, 0.4) is 0 Å². The van der Waals surface area contributed by atoms with Gasteiger partial charge in [0.25, 0.3) is 0 Å². The average molecular weight is 431 g/mol. The molecule has 0 saturated carbocycles. The molecule has 1 aromatic carbocycles. The molecule has 1 aromatic heterocycles. The smallest absolute Gasteiger partial charge is 0.427 e. The highest BCUT2D eigenvalue weighted by Gasteiger charge is 2.18. The van der Waals surface area contributed by atoms with Crippen molar-refractivity contribution in [2.24, 2.45) is 5.73 Å². The maximum atomic E-state index is 12.3. The third-order valence-corrected chi connectivity index (χ3v) is 4.41. The minimum Gasteiger partial charge on any atom is -0.427 e. The highest BCUT2D eigenvalue weighted by Crippen LogP contribution is 2.17. The van der Waals surface area contributed by atoms with Crippen molar-refractivity contribution in [3.63, 3.8) is 0 Å². The standard InChI is InChI=1S/C16H24BClN6O3.ClH/c1-11(12-5-7-13(18)8-6-12)20-15(25)10-24-16(21-22-23-24)14(19)4-2-3-9-17(26)27;/h5-8,11,14,26-27H,2-4,9-10,19H2,1H3,(H,20,25);1H. The molecule has 0 saturated heterocycles. The van der Waals surface area contributed by atoms with Crippen molar-refractivity contribution in [2.75, 3.05) is 0 Å². The zero-order valence-corrected chi connectivity index (χ0v) is 17.1. The van der Waals surface area contributed by atoms with Gasteiger partial charge in [-0.05, 0) is 47.8 Å². The molecule has 2 aromatic rings. The monoisotopic (exact) mass is 430 g/mol. The number of carbonyl (C=O) groups excluding carboxylic acids is 1. The predicted molar refractivity (Wildman–Crippen MR) is 109 cm³/mol. The summed E-state index contributed by atoms with van der Waals surface area (Å²) < 4.78 is 1.38. The Morgan fingerprint density at radius 3 is 2.64 bits per heavy atom. The number of amides is 1. The maximum absolute atomic E-state index is 12.3. The molecule has 2 rings (SSSR count). The molecule has 1 amide bonds. The number of nitrogens with two attached hydrogens (primary N) is 1. The van der Waals surface area contributed by atoms with Crippen molar-refractivity contribution in [2.45, 2.75) is 51.1 Å². The number of rotatable bonds is 10. The summed E-state index contributed by atoms with van der Waals surface area (Å²) in [6.07, 6.45) is 2.20. The largest absolute Gasteiger partial charge is 0.451 e. The summed E-state index contributed by atoms with van der Waals surface area (Å²) >= 11 is 5.88. The number of hydrogen-bond acceptors (Lipinski definition) is 7. The molecule has 154 valence electrons. The third-order valence-electron chi connectivity index (χ3n) is 4.16. The minimum atomic E-state index is -1.31. The second-order valence-corrected chi connectivity index (χ2v) is 6.84. The number of tetrazole rings is 1. The van der Waals surface area contributed by atoms with Gasteiger partial charge in [-0.15, -0.1) is 17.5 Å². The van der Waals surface area contributed by atoms with E-state index in [9.17, 15) is 4.79 Å². The van der Waals surface area contributed by atoms with Gasteiger partial charge in [0, 0.05) is 5.02 Å². The van der Waals surface area contributed by atoms with E-state index in [1.165, 1.54) is 4.68 Å². The Bertz CT molecular complexity index is 731. The van der Waals surface area contributed by atoms with Gasteiger partial charge in [-0.25, -0.2) is 4.68 Å². The number of unbranched alkanes of at least 4 members (excludes halogenated alkanes) is 1. The molecule has 0 bridgehead atoms. The SMILES string of the molecule is CC(NC(=O)Cn1nnnc1C(N)CCCCB(O)O)c1ccc(Cl)cc1.Cl. The lowest BCUT2D eigenvalue weighted by atomic mass is 9.83. The summed E-state index contributed by atoms with van der Waals surface area (Å²) in [7, 11) is -1.31. The number of aromatic nitrogens is 4. The van der Waals surface area contributed by atoms with Crippen LogP contribution in [0.25, 0.3) is 0 Å². The van der Waals surface area contributed by atoms with Crippen LogP contribution in [0.4, 0.5) is 0 Å². The zero-order valence-electron chi connectivity index (χ0n) is 15.5. The fourth-order valence-corrected chi connectivity index (χ4v) is 2.79. The molecule has 0 aliphatic carbocycles. The average Bonchev–Trinajstić information content (AvgIpc) is 3.06. The van der Waals surface area contributed by atoms with E-state index >= 15 is 0 Å². The van der Waals surface area contributed by atoms with E-state index < -0.39 is 13.2 Å². The Morgan fingerprint density at radius 2 is 2.00 bits per heavy atom. The fourth-order valence-electron chi connectivity index (χ4n) is 2.67. The summed E-state index contributed by atoms with van der Waals surface area (Å²) in [6.45, 7) is 1.84. The number of nitrogens with one attached hydrogen (secondary N) is 1. The molecule has 0 fully saturated rings.